The van der Waals surface area contributed by atoms with E-state index in [-0.39, 0.29) is 117 Å². The monoisotopic (exact) mass is 1210 g/mol. The molecule has 0 saturated heterocycles. The van der Waals surface area contributed by atoms with Crippen LogP contribution in [0.15, 0.2) is 92.8 Å². The third kappa shape index (κ3) is 26.2. The SMILES string of the molecule is COc1cccc(C=NCCNCCN=Cc2cccc(OC)c2[O-])c1[O-].COc1cccc(C=NCCNCCN=Cc2cccc(OC)c2[O-])c1[O-].O=[N+]([O-])[O-].O=[N+]([O-])[O-].[Yb+3].[Yb+3]. The van der Waals surface area contributed by atoms with Gasteiger partial charge in [-0.05, 0) is 46.5 Å². The van der Waals surface area contributed by atoms with Crippen LogP contribution in [0.2, 0.25) is 0 Å². The van der Waals surface area contributed by atoms with Gasteiger partial charge in [0.25, 0.3) is 0 Å². The molecular weight excluding hydrogens is 1160 g/mol. The molecule has 2 N–H and O–H groups in total. The van der Waals surface area contributed by atoms with E-state index in [0.717, 1.165) is 0 Å². The molecule has 4 aromatic carbocycles. The Bertz CT molecular complexity index is 1790. The van der Waals surface area contributed by atoms with Crippen LogP contribution in [0.4, 0.5) is 0 Å². The molecular formula is C40H46N8O14Yb2. The summed E-state index contributed by atoms with van der Waals surface area (Å²) in [5, 5.41) is 83.7. The number of hydrogen-bond acceptors (Lipinski definition) is 20. The molecule has 0 unspecified atom stereocenters. The van der Waals surface area contributed by atoms with Gasteiger partial charge in [0.15, 0.2) is 0 Å². The van der Waals surface area contributed by atoms with Crippen molar-refractivity contribution in [3.63, 3.8) is 0 Å². The molecule has 0 amide bonds. The van der Waals surface area contributed by atoms with E-state index in [0.29, 0.717) is 97.6 Å². The minimum atomic E-state index is -1.75. The van der Waals surface area contributed by atoms with E-state index < -0.39 is 10.2 Å². The van der Waals surface area contributed by atoms with Gasteiger partial charge in [0, 0.05) is 51.0 Å². The number of benzene rings is 4. The van der Waals surface area contributed by atoms with Gasteiger partial charge in [0.2, 0.25) is 0 Å². The molecule has 22 nitrogen and oxygen atoms in total. The van der Waals surface area contributed by atoms with Gasteiger partial charge < -0.3 is 80.7 Å². The quantitative estimate of drug-likeness (QED) is 0.0548. The Morgan fingerprint density at radius 1 is 0.438 bits per heavy atom. The predicted molar refractivity (Wildman–Crippen MR) is 226 cm³/mol. The molecule has 0 saturated carbocycles. The normalized spacial score (nSPS) is 10.3. The van der Waals surface area contributed by atoms with E-state index in [1.54, 1.807) is 97.7 Å². The van der Waals surface area contributed by atoms with Crippen molar-refractivity contribution in [1.29, 1.82) is 0 Å². The van der Waals surface area contributed by atoms with Crippen molar-refractivity contribution in [2.24, 2.45) is 20.0 Å². The van der Waals surface area contributed by atoms with Crippen molar-refractivity contribution in [3.05, 3.63) is 126 Å². The van der Waals surface area contributed by atoms with Gasteiger partial charge in [-0.1, -0.05) is 71.5 Å². The molecule has 4 aromatic rings. The zero-order valence-corrected chi connectivity index (χ0v) is 38.3. The summed E-state index contributed by atoms with van der Waals surface area (Å²) in [6.45, 7) is 4.82. The van der Waals surface area contributed by atoms with Crippen molar-refractivity contribution >= 4 is 24.9 Å². The minimum Gasteiger partial charge on any atom is -0.870 e. The number of methoxy groups -OCH3 is 4. The van der Waals surface area contributed by atoms with Gasteiger partial charge in [-0.15, -0.1) is 0 Å². The van der Waals surface area contributed by atoms with Gasteiger partial charge in [-0.2, -0.15) is 0 Å². The molecule has 2 radical (unpaired) electrons. The number of hydrogen-bond donors (Lipinski definition) is 2. The van der Waals surface area contributed by atoms with Crippen LogP contribution < -0.4 is 50.0 Å². The standard InChI is InChI=1S/2C20H25N3O4.2NO3.2Yb/c2*1-26-17-7-3-5-15(19(17)24)13-22-11-9-21-10-12-23-14-16-6-4-8-18(27-2)20(16)25;2*2-1(3)4;;/h2*3-8,13-14,21,24-25H,9-12H2,1-2H3;;;;/q;;2*-1;2*+3/p-4. The average Bonchev–Trinajstić information content (AvgIpc) is 3.24. The molecule has 0 atom stereocenters. The average molecular weight is 1210 g/mol. The van der Waals surface area contributed by atoms with Crippen LogP contribution in [0.25, 0.3) is 0 Å². The van der Waals surface area contributed by atoms with E-state index >= 15 is 0 Å². The second-order valence-electron chi connectivity index (χ2n) is 11.6. The van der Waals surface area contributed by atoms with E-state index in [1.807, 2.05) is 0 Å². The van der Waals surface area contributed by atoms with Gasteiger partial charge >= 0.3 is 93.8 Å². The first-order valence-corrected chi connectivity index (χ1v) is 18.2. The van der Waals surface area contributed by atoms with Crippen LogP contribution in [0, 0.1) is 124 Å². The Balaban J connectivity index is 0. The summed E-state index contributed by atoms with van der Waals surface area (Å²) in [5.41, 5.74) is 2.02. The van der Waals surface area contributed by atoms with Crippen LogP contribution in [0.1, 0.15) is 22.3 Å². The van der Waals surface area contributed by atoms with E-state index in [9.17, 15) is 20.4 Å². The first-order valence-electron chi connectivity index (χ1n) is 18.2. The summed E-state index contributed by atoms with van der Waals surface area (Å²) < 4.78 is 20.0. The van der Waals surface area contributed by atoms with Crippen molar-refractivity contribution in [2.45, 2.75) is 0 Å². The molecule has 0 spiro atoms. The molecule has 0 bridgehead atoms. The Morgan fingerprint density at radius 2 is 0.625 bits per heavy atom. The Labute approximate surface area is 446 Å². The van der Waals surface area contributed by atoms with Crippen LogP contribution >= 0.6 is 0 Å². The van der Waals surface area contributed by atoms with E-state index in [2.05, 4.69) is 30.6 Å². The fourth-order valence-electron chi connectivity index (χ4n) is 4.66. The number of rotatable bonds is 20. The van der Waals surface area contributed by atoms with Crippen LogP contribution in [0.5, 0.6) is 46.0 Å². The van der Waals surface area contributed by atoms with E-state index in [1.165, 1.54) is 28.4 Å². The Hall–Kier alpha value is -4.68. The van der Waals surface area contributed by atoms with Crippen LogP contribution in [-0.4, -0.2) is 116 Å². The Morgan fingerprint density at radius 3 is 0.797 bits per heavy atom. The number of aliphatic imine (C=N–C) groups is 4. The number of para-hydroxylation sites is 4. The maximum absolute atomic E-state index is 11.9. The van der Waals surface area contributed by atoms with Crippen molar-refractivity contribution in [2.75, 3.05) is 80.8 Å². The van der Waals surface area contributed by atoms with Gasteiger partial charge in [-0.25, -0.2) is 0 Å². The summed E-state index contributed by atoms with van der Waals surface area (Å²) in [7, 11) is 5.87. The minimum absolute atomic E-state index is 0. The zero-order chi connectivity index (χ0) is 46.1. The predicted octanol–water partition coefficient (Wildman–Crippen LogP) is 1.48. The molecule has 358 valence electrons. The fourth-order valence-corrected chi connectivity index (χ4v) is 4.66. The summed E-state index contributed by atoms with van der Waals surface area (Å²) in [5.74, 6) is 0.587. The molecule has 0 aliphatic rings. The number of nitrogens with zero attached hydrogens (tertiary/aromatic N) is 6. The second-order valence-corrected chi connectivity index (χ2v) is 11.6. The maximum atomic E-state index is 11.9. The molecule has 0 fully saturated rings. The number of nitrogens with one attached hydrogen (secondary N) is 2. The molecule has 0 aliphatic carbocycles. The third-order valence-corrected chi connectivity index (χ3v) is 7.51. The van der Waals surface area contributed by atoms with Gasteiger partial charge in [0.05, 0.1) is 64.8 Å². The summed E-state index contributed by atoms with van der Waals surface area (Å²) >= 11 is 0. The largest absolute Gasteiger partial charge is 3.00 e. The number of ether oxygens (including phenoxy) is 4. The second kappa shape index (κ2) is 37.7. The zero-order valence-electron chi connectivity index (χ0n) is 34.8. The van der Waals surface area contributed by atoms with Crippen LogP contribution in [0.3, 0.4) is 0 Å². The Kier molecular flexibility index (Phi) is 36.1. The maximum Gasteiger partial charge on any atom is 3.00 e. The fraction of sp³-hybridized carbons (Fsp3) is 0.300. The van der Waals surface area contributed by atoms with Gasteiger partial charge in [0.1, 0.15) is 23.0 Å². The third-order valence-electron chi connectivity index (χ3n) is 7.51. The van der Waals surface area contributed by atoms with Crippen molar-refractivity contribution < 1.29 is 143 Å². The van der Waals surface area contributed by atoms with E-state index in [4.69, 9.17) is 49.6 Å². The summed E-state index contributed by atoms with van der Waals surface area (Å²) in [6.07, 6.45) is 6.24. The molecule has 0 heterocycles. The first-order chi connectivity index (χ1) is 29.8. The molecule has 0 aliphatic heterocycles. The van der Waals surface area contributed by atoms with Crippen molar-refractivity contribution in [1.82, 2.24) is 10.6 Å². The molecule has 0 aromatic heterocycles. The summed E-state index contributed by atoms with van der Waals surface area (Å²) in [6, 6.07) is 20.4. The topological polar surface area (TPSA) is 335 Å². The van der Waals surface area contributed by atoms with Crippen LogP contribution in [-0.2, 0) is 0 Å². The van der Waals surface area contributed by atoms with Crippen molar-refractivity contribution in [3.8, 4) is 46.0 Å². The molecule has 4 rings (SSSR count). The van der Waals surface area contributed by atoms with Gasteiger partial charge in [-0.3, -0.25) is 20.0 Å². The molecule has 64 heavy (non-hydrogen) atoms. The first kappa shape index (κ1) is 61.4. The molecule has 24 heteroatoms. The summed E-state index contributed by atoms with van der Waals surface area (Å²) in [4.78, 5) is 33.4. The smallest absolute Gasteiger partial charge is 0.870 e.